The van der Waals surface area contributed by atoms with Crippen LogP contribution in [0.1, 0.15) is 48.5 Å². The van der Waals surface area contributed by atoms with Crippen LogP contribution in [-0.4, -0.2) is 87.9 Å². The Balaban J connectivity index is 0. The monoisotopic (exact) mass is 1440 g/mol. The smallest absolute Gasteiger partial charge is 0.548 e. The standard InChI is InChI=1S/2C12H12N2.2C10H8N2.2C5H9NO2.2F6P.2H2O.2Ru/c2*1-9-5-3-7-11(13-9)12-8-4-6-10(2)14-12;2*1-3-7-11-9(5-1)10-6-2-4-8-12-10;2*7-5(8)4-2-1-3-6-4;2*1-7(2,3,4,5)6;;;;/h2*3-8H,1-2H3;2*1-8H;2*4,6H,1-3H2,(H,7,8);;;2*1H2;;/q;;;;;;2*-1;;;2*+3/p-2/t;;;;2*4-;;;;;;/m....00....../s1. The third-order valence-electron chi connectivity index (χ3n) is 9.95. The van der Waals surface area contributed by atoms with Crippen LogP contribution in [0.5, 0.6) is 0 Å². The molecule has 10 heterocycles. The predicted octanol–water partition coefficient (Wildman–Crippen LogP) is 11.9. The minimum atomic E-state index is -10.7. The Labute approximate surface area is 512 Å². The van der Waals surface area contributed by atoms with Crippen molar-refractivity contribution in [2.45, 2.75) is 65.5 Å². The molecule has 2 atom stereocenters. The number of halogens is 12. The van der Waals surface area contributed by atoms with Gasteiger partial charge in [-0.1, -0.05) is 48.5 Å². The van der Waals surface area contributed by atoms with Crippen LogP contribution in [0.4, 0.5) is 50.4 Å². The molecule has 16 nitrogen and oxygen atoms in total. The van der Waals surface area contributed by atoms with E-state index >= 15 is 0 Å². The number of carbonyl (C=O) groups is 2. The normalized spacial score (nSPS) is 15.0. The van der Waals surface area contributed by atoms with Crippen LogP contribution in [-0.2, 0) is 48.5 Å². The second kappa shape index (κ2) is 35.2. The number of nitrogens with one attached hydrogen (secondary N) is 2. The van der Waals surface area contributed by atoms with Crippen molar-refractivity contribution in [2.24, 2.45) is 0 Å². The van der Waals surface area contributed by atoms with Crippen LogP contribution >= 0.6 is 15.6 Å². The summed E-state index contributed by atoms with van der Waals surface area (Å²) in [5.74, 6) is -1.94. The van der Waals surface area contributed by atoms with Gasteiger partial charge in [0.1, 0.15) is 0 Å². The summed E-state index contributed by atoms with van der Waals surface area (Å²) in [5.41, 5.74) is 11.5. The number of rotatable bonds is 6. The van der Waals surface area contributed by atoms with Gasteiger partial charge in [-0.25, -0.2) is 0 Å². The average molecular weight is 1440 g/mol. The molecular formula is C54H60F12N10O6P2Ru2+2. The van der Waals surface area contributed by atoms with E-state index in [0.717, 1.165) is 107 Å². The van der Waals surface area contributed by atoms with Crippen molar-refractivity contribution in [3.8, 4) is 45.6 Å². The molecule has 470 valence electrons. The van der Waals surface area contributed by atoms with E-state index in [4.69, 9.17) is 0 Å². The number of hydrogen-bond acceptors (Lipinski definition) is 14. The summed E-state index contributed by atoms with van der Waals surface area (Å²) in [5, 5.41) is 25.6. The van der Waals surface area contributed by atoms with E-state index in [1.165, 1.54) is 0 Å². The van der Waals surface area contributed by atoms with E-state index < -0.39 is 27.6 Å². The van der Waals surface area contributed by atoms with Gasteiger partial charge in [0.05, 0.1) is 57.5 Å². The molecule has 32 heteroatoms. The zero-order chi connectivity index (χ0) is 61.2. The molecule has 0 bridgehead atoms. The summed E-state index contributed by atoms with van der Waals surface area (Å²) >= 11 is 0. The number of aliphatic carboxylic acids is 2. The molecule has 0 aliphatic carbocycles. The molecule has 2 fully saturated rings. The molecule has 0 aromatic carbocycles. The molecule has 0 saturated carbocycles. The number of hydrogen-bond donors (Lipinski definition) is 2. The first-order valence-electron chi connectivity index (χ1n) is 24.4. The summed E-state index contributed by atoms with van der Waals surface area (Å²) < 4.78 is 118. The van der Waals surface area contributed by atoms with E-state index in [1.807, 2.05) is 173 Å². The molecule has 2 radical (unpaired) electrons. The number of carbonyl (C=O) groups excluding carboxylic acids is 2. The second-order valence-electron chi connectivity index (χ2n) is 17.4. The van der Waals surface area contributed by atoms with E-state index in [0.29, 0.717) is 0 Å². The van der Waals surface area contributed by atoms with Gasteiger partial charge < -0.3 is 41.4 Å². The third-order valence-corrected chi connectivity index (χ3v) is 9.95. The van der Waals surface area contributed by atoms with E-state index in [1.54, 1.807) is 24.8 Å². The third kappa shape index (κ3) is 42.1. The fraction of sp³-hybridized carbons (Fsp3) is 0.222. The Morgan fingerprint density at radius 3 is 0.698 bits per heavy atom. The molecule has 2 aliphatic heterocycles. The Kier molecular flexibility index (Phi) is 33.2. The zero-order valence-corrected chi connectivity index (χ0v) is 51.2. The molecular weight excluding hydrogens is 1380 g/mol. The Hall–Kier alpha value is -6.75. The van der Waals surface area contributed by atoms with Crippen molar-refractivity contribution in [3.63, 3.8) is 0 Å². The van der Waals surface area contributed by atoms with Crippen LogP contribution in [0.25, 0.3) is 45.6 Å². The first-order valence-corrected chi connectivity index (χ1v) is 28.4. The van der Waals surface area contributed by atoms with Gasteiger partial charge in [0, 0.05) is 59.6 Å². The zero-order valence-electron chi connectivity index (χ0n) is 45.9. The van der Waals surface area contributed by atoms with Crippen molar-refractivity contribution in [1.82, 2.24) is 50.5 Å². The number of aromatic nitrogens is 8. The molecule has 6 N–H and O–H groups in total. The predicted molar refractivity (Wildman–Crippen MR) is 295 cm³/mol. The maximum absolute atomic E-state index is 10.7. The second-order valence-corrected chi connectivity index (χ2v) is 21.2. The fourth-order valence-corrected chi connectivity index (χ4v) is 6.57. The maximum Gasteiger partial charge on any atom is 3.00 e. The van der Waals surface area contributed by atoms with Crippen LogP contribution in [0.15, 0.2) is 170 Å². The van der Waals surface area contributed by atoms with Crippen LogP contribution < -0.4 is 20.8 Å². The van der Waals surface area contributed by atoms with Gasteiger partial charge in [0.15, 0.2) is 0 Å². The van der Waals surface area contributed by atoms with Gasteiger partial charge in [0.25, 0.3) is 0 Å². The fourth-order valence-electron chi connectivity index (χ4n) is 6.57. The SMILES string of the molecule is Cc1cccc(-c2cccc(C)n2)n1.Cc1cccc(-c2cccc(C)n2)n1.F[P-](F)(F)(F)(F)F.F[P-](F)(F)(F)(F)F.O.O.O=C([O-])[C@@H]1CCCN1.O=C([O-])[C@@H]1CCCN1.[Ru+3].[Ru+3].c1ccc(-c2ccccn2)nc1.c1ccc(-c2ccccn2)nc1. The molecule has 0 spiro atoms. The molecule has 8 aromatic rings. The Morgan fingerprint density at radius 2 is 0.570 bits per heavy atom. The van der Waals surface area contributed by atoms with E-state index in [-0.39, 0.29) is 62.0 Å². The number of aryl methyl sites for hydroxylation is 4. The van der Waals surface area contributed by atoms with Crippen molar-refractivity contribution in [3.05, 3.63) is 193 Å². The summed E-state index contributed by atoms with van der Waals surface area (Å²) in [6.45, 7) is 9.58. The van der Waals surface area contributed by atoms with Crippen LogP contribution in [0.2, 0.25) is 0 Å². The minimum absolute atomic E-state index is 0. The van der Waals surface area contributed by atoms with E-state index in [9.17, 15) is 70.2 Å². The van der Waals surface area contributed by atoms with Gasteiger partial charge in [-0.3, -0.25) is 39.9 Å². The van der Waals surface area contributed by atoms with Crippen molar-refractivity contribution in [2.75, 3.05) is 13.1 Å². The molecule has 0 unspecified atom stereocenters. The Morgan fingerprint density at radius 1 is 0.372 bits per heavy atom. The van der Waals surface area contributed by atoms with Gasteiger partial charge in [-0.05, 0) is 164 Å². The number of carboxylic acids is 2. The first kappa shape index (κ1) is 81.3. The van der Waals surface area contributed by atoms with E-state index in [2.05, 4.69) is 50.5 Å². The summed E-state index contributed by atoms with van der Waals surface area (Å²) in [7, 11) is -21.3. The quantitative estimate of drug-likeness (QED) is 0.0890. The summed E-state index contributed by atoms with van der Waals surface area (Å²) in [6.07, 6.45) is 10.4. The first-order chi connectivity index (χ1) is 37.9. The molecule has 8 aromatic heterocycles. The number of carboxylic acid groups (broad SMARTS) is 2. The van der Waals surface area contributed by atoms with Crippen molar-refractivity contribution >= 4 is 27.6 Å². The molecule has 10 rings (SSSR count). The minimum Gasteiger partial charge on any atom is -0.548 e. The van der Waals surface area contributed by atoms with Crippen LogP contribution in [0, 0.1) is 27.7 Å². The Bertz CT molecular complexity index is 2840. The molecule has 86 heavy (non-hydrogen) atoms. The van der Waals surface area contributed by atoms with Gasteiger partial charge >= 0.3 is 105 Å². The maximum atomic E-state index is 10.0. The largest absolute Gasteiger partial charge is 3.00 e. The van der Waals surface area contributed by atoms with Crippen LogP contribution in [0.3, 0.4) is 0 Å². The van der Waals surface area contributed by atoms with Gasteiger partial charge in [-0.2, -0.15) is 0 Å². The topological polar surface area (TPSA) is 270 Å². The molecule has 0 amide bonds. The average Bonchev–Trinajstić information content (AvgIpc) is 2.08. The number of pyridine rings is 8. The van der Waals surface area contributed by atoms with Gasteiger partial charge in [0.2, 0.25) is 0 Å². The molecule has 2 saturated heterocycles. The number of nitrogens with zero attached hydrogens (tertiary/aromatic N) is 8. The van der Waals surface area contributed by atoms with Crippen molar-refractivity contribution in [1.29, 1.82) is 0 Å². The van der Waals surface area contributed by atoms with Gasteiger partial charge in [-0.15, -0.1) is 0 Å². The summed E-state index contributed by atoms with van der Waals surface area (Å²) in [6, 6.07) is 46.3. The molecule has 2 aliphatic rings. The summed E-state index contributed by atoms with van der Waals surface area (Å²) in [4.78, 5) is 54.5. The van der Waals surface area contributed by atoms with Crippen molar-refractivity contribution < 1.29 is 120 Å².